The van der Waals surface area contributed by atoms with Crippen LogP contribution in [0.1, 0.15) is 18.6 Å². The Bertz CT molecular complexity index is 351. The highest BCUT2D eigenvalue weighted by molar-refractivity contribution is 5.41. The zero-order valence-electron chi connectivity index (χ0n) is 10.9. The fourth-order valence-electron chi connectivity index (χ4n) is 1.45. The van der Waals surface area contributed by atoms with Gasteiger partial charge in [0.25, 0.3) is 0 Å². The lowest BCUT2D eigenvalue weighted by Crippen LogP contribution is -2.19. The molecule has 0 aromatic heterocycles. The Hall–Kier alpha value is -1.26. The third kappa shape index (κ3) is 4.24. The molecule has 4 heteroatoms. The SMILES string of the molecule is COc1ccc([C@@H](C)O)c(OCCN(C)C)c1. The maximum Gasteiger partial charge on any atom is 0.128 e. The van der Waals surface area contributed by atoms with Gasteiger partial charge in [-0.25, -0.2) is 0 Å². The Morgan fingerprint density at radius 3 is 2.59 bits per heavy atom. The molecule has 0 saturated carbocycles. The highest BCUT2D eigenvalue weighted by atomic mass is 16.5. The number of methoxy groups -OCH3 is 1. The molecule has 0 heterocycles. The molecule has 0 bridgehead atoms. The van der Waals surface area contributed by atoms with Gasteiger partial charge in [0.1, 0.15) is 18.1 Å². The smallest absolute Gasteiger partial charge is 0.128 e. The summed E-state index contributed by atoms with van der Waals surface area (Å²) >= 11 is 0. The summed E-state index contributed by atoms with van der Waals surface area (Å²) in [5.74, 6) is 1.41. The van der Waals surface area contributed by atoms with E-state index in [1.54, 1.807) is 20.1 Å². The normalized spacial score (nSPS) is 12.6. The van der Waals surface area contributed by atoms with Crippen LogP contribution in [0.2, 0.25) is 0 Å². The minimum absolute atomic E-state index is 0.546. The molecule has 1 atom stereocenters. The summed E-state index contributed by atoms with van der Waals surface area (Å²) in [4.78, 5) is 2.04. The predicted octanol–water partition coefficient (Wildman–Crippen LogP) is 1.69. The van der Waals surface area contributed by atoms with Gasteiger partial charge in [0.15, 0.2) is 0 Å². The van der Waals surface area contributed by atoms with Crippen LogP contribution in [0.15, 0.2) is 18.2 Å². The topological polar surface area (TPSA) is 41.9 Å². The van der Waals surface area contributed by atoms with E-state index in [9.17, 15) is 5.11 Å². The quantitative estimate of drug-likeness (QED) is 0.820. The number of benzene rings is 1. The van der Waals surface area contributed by atoms with Gasteiger partial charge in [0.2, 0.25) is 0 Å². The van der Waals surface area contributed by atoms with E-state index in [0.29, 0.717) is 12.4 Å². The molecule has 1 rings (SSSR count). The van der Waals surface area contributed by atoms with Crippen molar-refractivity contribution in [3.05, 3.63) is 23.8 Å². The number of rotatable bonds is 6. The molecular formula is C13H21NO3. The van der Waals surface area contributed by atoms with Crippen molar-refractivity contribution in [2.45, 2.75) is 13.0 Å². The molecule has 1 aromatic carbocycles. The van der Waals surface area contributed by atoms with E-state index in [-0.39, 0.29) is 0 Å². The molecular weight excluding hydrogens is 218 g/mol. The molecule has 0 unspecified atom stereocenters. The second-order valence-corrected chi connectivity index (χ2v) is 4.23. The van der Waals surface area contributed by atoms with Gasteiger partial charge >= 0.3 is 0 Å². The van der Waals surface area contributed by atoms with Gasteiger partial charge in [-0.2, -0.15) is 0 Å². The Labute approximate surface area is 103 Å². The monoisotopic (exact) mass is 239 g/mol. The summed E-state index contributed by atoms with van der Waals surface area (Å²) in [6.07, 6.45) is -0.546. The number of hydrogen-bond donors (Lipinski definition) is 1. The van der Waals surface area contributed by atoms with Crippen molar-refractivity contribution < 1.29 is 14.6 Å². The molecule has 0 saturated heterocycles. The van der Waals surface area contributed by atoms with Gasteiger partial charge in [0, 0.05) is 18.2 Å². The highest BCUT2D eigenvalue weighted by Crippen LogP contribution is 2.29. The first-order chi connectivity index (χ1) is 8.04. The number of hydrogen-bond acceptors (Lipinski definition) is 4. The first-order valence-corrected chi connectivity index (χ1v) is 5.68. The molecule has 1 aromatic rings. The van der Waals surface area contributed by atoms with Crippen LogP contribution in [-0.2, 0) is 0 Å². The molecule has 0 amide bonds. The van der Waals surface area contributed by atoms with E-state index in [1.807, 2.05) is 31.1 Å². The third-order valence-electron chi connectivity index (χ3n) is 2.47. The molecule has 0 radical (unpaired) electrons. The van der Waals surface area contributed by atoms with Crippen molar-refractivity contribution in [2.75, 3.05) is 34.4 Å². The molecule has 96 valence electrons. The van der Waals surface area contributed by atoms with Crippen LogP contribution in [0.3, 0.4) is 0 Å². The van der Waals surface area contributed by atoms with Crippen LogP contribution in [0.4, 0.5) is 0 Å². The van der Waals surface area contributed by atoms with Crippen LogP contribution in [0.5, 0.6) is 11.5 Å². The van der Waals surface area contributed by atoms with E-state index in [1.165, 1.54) is 0 Å². The lowest BCUT2D eigenvalue weighted by atomic mass is 10.1. The maximum absolute atomic E-state index is 9.65. The number of ether oxygens (including phenoxy) is 2. The fourth-order valence-corrected chi connectivity index (χ4v) is 1.45. The van der Waals surface area contributed by atoms with Crippen LogP contribution in [0.25, 0.3) is 0 Å². The van der Waals surface area contributed by atoms with Crippen molar-refractivity contribution in [1.82, 2.24) is 4.90 Å². The first-order valence-electron chi connectivity index (χ1n) is 5.68. The van der Waals surface area contributed by atoms with Crippen molar-refractivity contribution in [3.63, 3.8) is 0 Å². The number of aliphatic hydroxyl groups excluding tert-OH is 1. The maximum atomic E-state index is 9.65. The fraction of sp³-hybridized carbons (Fsp3) is 0.538. The Morgan fingerprint density at radius 2 is 2.06 bits per heavy atom. The number of aliphatic hydroxyl groups is 1. The zero-order valence-corrected chi connectivity index (χ0v) is 10.9. The number of likely N-dealkylation sites (N-methyl/N-ethyl adjacent to an activating group) is 1. The van der Waals surface area contributed by atoms with Gasteiger partial charge < -0.3 is 19.5 Å². The van der Waals surface area contributed by atoms with E-state index in [4.69, 9.17) is 9.47 Å². The van der Waals surface area contributed by atoms with Gasteiger partial charge in [-0.15, -0.1) is 0 Å². The summed E-state index contributed by atoms with van der Waals surface area (Å²) in [7, 11) is 5.59. The minimum atomic E-state index is -0.546. The molecule has 4 nitrogen and oxygen atoms in total. The van der Waals surface area contributed by atoms with Crippen LogP contribution in [-0.4, -0.2) is 44.4 Å². The Kier molecular flexibility index (Phi) is 5.25. The molecule has 1 N–H and O–H groups in total. The molecule has 0 aliphatic heterocycles. The second kappa shape index (κ2) is 6.47. The summed E-state index contributed by atoms with van der Waals surface area (Å²) in [6, 6.07) is 5.45. The lowest BCUT2D eigenvalue weighted by Gasteiger charge is -2.16. The van der Waals surface area contributed by atoms with Gasteiger partial charge in [-0.1, -0.05) is 0 Å². The molecule has 17 heavy (non-hydrogen) atoms. The Morgan fingerprint density at radius 1 is 1.35 bits per heavy atom. The first kappa shape index (κ1) is 13.8. The second-order valence-electron chi connectivity index (χ2n) is 4.23. The van der Waals surface area contributed by atoms with Crippen LogP contribution < -0.4 is 9.47 Å². The van der Waals surface area contributed by atoms with Crippen molar-refractivity contribution in [3.8, 4) is 11.5 Å². The van der Waals surface area contributed by atoms with Gasteiger partial charge in [0.05, 0.1) is 13.2 Å². The molecule has 0 aliphatic rings. The van der Waals surface area contributed by atoms with Crippen molar-refractivity contribution in [2.24, 2.45) is 0 Å². The van der Waals surface area contributed by atoms with E-state index >= 15 is 0 Å². The predicted molar refractivity (Wildman–Crippen MR) is 67.7 cm³/mol. The Balaban J connectivity index is 2.78. The van der Waals surface area contributed by atoms with Crippen molar-refractivity contribution >= 4 is 0 Å². The van der Waals surface area contributed by atoms with Gasteiger partial charge in [-0.3, -0.25) is 0 Å². The van der Waals surface area contributed by atoms with E-state index in [0.717, 1.165) is 17.9 Å². The highest BCUT2D eigenvalue weighted by Gasteiger charge is 2.10. The van der Waals surface area contributed by atoms with E-state index < -0.39 is 6.10 Å². The summed E-state index contributed by atoms with van der Waals surface area (Å²) in [5, 5.41) is 9.65. The standard InChI is InChI=1S/C13H21NO3/c1-10(15)12-6-5-11(16-4)9-13(12)17-8-7-14(2)3/h5-6,9-10,15H,7-8H2,1-4H3/t10-/m1/s1. The molecule has 0 fully saturated rings. The minimum Gasteiger partial charge on any atom is -0.497 e. The van der Waals surface area contributed by atoms with Crippen LogP contribution >= 0.6 is 0 Å². The molecule has 0 spiro atoms. The number of nitrogens with zero attached hydrogens (tertiary/aromatic N) is 1. The molecule has 0 aliphatic carbocycles. The average Bonchev–Trinajstić information content (AvgIpc) is 2.28. The summed E-state index contributed by atoms with van der Waals surface area (Å²) in [6.45, 7) is 3.14. The lowest BCUT2D eigenvalue weighted by molar-refractivity contribution is 0.188. The van der Waals surface area contributed by atoms with Gasteiger partial charge in [-0.05, 0) is 33.2 Å². The van der Waals surface area contributed by atoms with Crippen LogP contribution in [0, 0.1) is 0 Å². The van der Waals surface area contributed by atoms with E-state index in [2.05, 4.69) is 0 Å². The largest absolute Gasteiger partial charge is 0.497 e. The zero-order chi connectivity index (χ0) is 12.8. The van der Waals surface area contributed by atoms with Crippen molar-refractivity contribution in [1.29, 1.82) is 0 Å². The summed E-state index contributed by atoms with van der Waals surface area (Å²) < 4.78 is 10.8. The summed E-state index contributed by atoms with van der Waals surface area (Å²) in [5.41, 5.74) is 0.782. The average molecular weight is 239 g/mol. The third-order valence-corrected chi connectivity index (χ3v) is 2.47.